The van der Waals surface area contributed by atoms with Crippen LogP contribution in [0.3, 0.4) is 0 Å². The molecule has 1 saturated carbocycles. The van der Waals surface area contributed by atoms with Gasteiger partial charge in [-0.1, -0.05) is 41.2 Å². The van der Waals surface area contributed by atoms with Crippen LogP contribution in [0.15, 0.2) is 36.4 Å². The van der Waals surface area contributed by atoms with Crippen LogP contribution in [0.1, 0.15) is 58.9 Å². The molecule has 208 valence electrons. The number of amides is 2. The number of nitrogens with zero attached hydrogens (tertiary/aromatic N) is 6. The van der Waals surface area contributed by atoms with E-state index in [1.807, 2.05) is 0 Å². The summed E-state index contributed by atoms with van der Waals surface area (Å²) < 4.78 is 10.2. The lowest BCUT2D eigenvalue weighted by atomic mass is 9.82. The Hall–Kier alpha value is -4.04. The SMILES string of the molecule is COc1cccc(CC(=O)Nc2nnc([C@@H]3CCC[C@@H](c4nnc(NC(=O)Cc5cccc(OC)n5)s4)C3)s2)n1. The van der Waals surface area contributed by atoms with Crippen LogP contribution in [0.2, 0.25) is 0 Å². The van der Waals surface area contributed by atoms with Crippen molar-refractivity contribution < 1.29 is 19.1 Å². The molecule has 4 heterocycles. The lowest BCUT2D eigenvalue weighted by Gasteiger charge is -2.25. The third kappa shape index (κ3) is 7.12. The van der Waals surface area contributed by atoms with Gasteiger partial charge in [-0.3, -0.25) is 9.59 Å². The van der Waals surface area contributed by atoms with Gasteiger partial charge in [-0.15, -0.1) is 20.4 Å². The summed E-state index contributed by atoms with van der Waals surface area (Å²) in [5.74, 6) is 0.925. The molecule has 12 nitrogen and oxygen atoms in total. The number of hydrogen-bond acceptors (Lipinski definition) is 12. The number of nitrogens with one attached hydrogen (secondary N) is 2. The van der Waals surface area contributed by atoms with E-state index in [0.29, 0.717) is 33.4 Å². The largest absolute Gasteiger partial charge is 0.481 e. The normalized spacial score (nSPS) is 16.8. The summed E-state index contributed by atoms with van der Waals surface area (Å²) in [7, 11) is 3.07. The molecular weight excluding hydrogens is 552 g/mol. The fraction of sp³-hybridized carbons (Fsp3) is 0.385. The molecule has 0 unspecified atom stereocenters. The number of carbonyl (C=O) groups excluding carboxylic acids is 2. The number of rotatable bonds is 10. The smallest absolute Gasteiger partial charge is 0.232 e. The Morgan fingerprint density at radius 1 is 0.775 bits per heavy atom. The summed E-state index contributed by atoms with van der Waals surface area (Å²) in [5, 5.41) is 25.5. The molecule has 0 spiro atoms. The zero-order valence-corrected chi connectivity index (χ0v) is 23.6. The summed E-state index contributed by atoms with van der Waals surface area (Å²) in [5.41, 5.74) is 1.22. The highest BCUT2D eigenvalue weighted by Gasteiger charge is 2.29. The van der Waals surface area contributed by atoms with Crippen LogP contribution < -0.4 is 20.1 Å². The molecule has 0 bridgehead atoms. The topological polar surface area (TPSA) is 154 Å². The van der Waals surface area contributed by atoms with Crippen molar-refractivity contribution in [2.24, 2.45) is 0 Å². The minimum absolute atomic E-state index is 0.115. The van der Waals surface area contributed by atoms with Crippen LogP contribution in [-0.4, -0.2) is 56.4 Å². The first-order chi connectivity index (χ1) is 19.5. The van der Waals surface area contributed by atoms with E-state index < -0.39 is 0 Å². The second-order valence-electron chi connectivity index (χ2n) is 9.24. The quantitative estimate of drug-likeness (QED) is 0.281. The van der Waals surface area contributed by atoms with Gasteiger partial charge in [-0.2, -0.15) is 0 Å². The molecule has 1 aliphatic rings. The maximum Gasteiger partial charge on any atom is 0.232 e. The number of pyridine rings is 2. The zero-order valence-electron chi connectivity index (χ0n) is 22.0. The fourth-order valence-electron chi connectivity index (χ4n) is 4.53. The van der Waals surface area contributed by atoms with E-state index in [-0.39, 0.29) is 36.5 Å². The predicted molar refractivity (Wildman–Crippen MR) is 150 cm³/mol. The van der Waals surface area contributed by atoms with Gasteiger partial charge in [0, 0.05) is 24.0 Å². The van der Waals surface area contributed by atoms with Crippen LogP contribution >= 0.6 is 22.7 Å². The standard InChI is InChI=1S/C26H28N8O4S2/c1-37-21-10-4-8-17(27-21)13-19(35)29-25-33-31-23(39-25)15-6-3-7-16(12-15)24-32-34-26(40-24)30-20(36)14-18-9-5-11-22(28-18)38-2/h4-5,8-11,15-16H,3,6-7,12-14H2,1-2H3,(H,29,33,35)(H,30,34,36)/t15-,16-/m1/s1. The van der Waals surface area contributed by atoms with E-state index in [9.17, 15) is 9.59 Å². The molecule has 1 aliphatic carbocycles. The molecule has 40 heavy (non-hydrogen) atoms. The molecular formula is C26H28N8O4S2. The molecule has 2 N–H and O–H groups in total. The van der Waals surface area contributed by atoms with Gasteiger partial charge in [-0.05, 0) is 31.4 Å². The van der Waals surface area contributed by atoms with Crippen molar-refractivity contribution in [3.63, 3.8) is 0 Å². The lowest BCUT2D eigenvalue weighted by molar-refractivity contribution is -0.116. The monoisotopic (exact) mass is 580 g/mol. The number of methoxy groups -OCH3 is 2. The summed E-state index contributed by atoms with van der Waals surface area (Å²) >= 11 is 2.79. The maximum atomic E-state index is 12.5. The first-order valence-corrected chi connectivity index (χ1v) is 14.4. The summed E-state index contributed by atoms with van der Waals surface area (Å²) in [6.45, 7) is 0. The Balaban J connectivity index is 1.14. The molecule has 2 amide bonds. The Morgan fingerprint density at radius 3 is 1.70 bits per heavy atom. The first-order valence-electron chi connectivity index (χ1n) is 12.8. The molecule has 0 aromatic carbocycles. The van der Waals surface area contributed by atoms with Gasteiger partial charge in [0.1, 0.15) is 10.0 Å². The molecule has 0 radical (unpaired) electrons. The molecule has 4 aromatic heterocycles. The van der Waals surface area contributed by atoms with Crippen LogP contribution in [0.4, 0.5) is 10.3 Å². The highest BCUT2D eigenvalue weighted by Crippen LogP contribution is 2.43. The van der Waals surface area contributed by atoms with Crippen LogP contribution in [0.25, 0.3) is 0 Å². The number of anilines is 2. The van der Waals surface area contributed by atoms with Gasteiger partial charge in [0.2, 0.25) is 33.8 Å². The first kappa shape index (κ1) is 27.5. The van der Waals surface area contributed by atoms with Crippen molar-refractivity contribution in [3.05, 3.63) is 57.8 Å². The Morgan fingerprint density at radius 2 is 1.25 bits per heavy atom. The van der Waals surface area contributed by atoms with Crippen LogP contribution in [-0.2, 0) is 22.4 Å². The summed E-state index contributed by atoms with van der Waals surface area (Å²) in [4.78, 5) is 33.6. The Bertz CT molecular complexity index is 1370. The molecule has 5 rings (SSSR count). The minimum atomic E-state index is -0.212. The van der Waals surface area contributed by atoms with E-state index in [0.717, 1.165) is 35.7 Å². The van der Waals surface area contributed by atoms with E-state index in [4.69, 9.17) is 9.47 Å². The van der Waals surface area contributed by atoms with Crippen molar-refractivity contribution >= 4 is 44.8 Å². The summed E-state index contributed by atoms with van der Waals surface area (Å²) in [6, 6.07) is 10.6. The second kappa shape index (κ2) is 12.9. The number of ether oxygens (including phenoxy) is 2. The van der Waals surface area contributed by atoms with Crippen LogP contribution in [0.5, 0.6) is 11.8 Å². The molecule has 2 atom stereocenters. The summed E-state index contributed by atoms with van der Waals surface area (Å²) in [6.07, 6.45) is 4.08. The van der Waals surface area contributed by atoms with Crippen molar-refractivity contribution in [1.82, 2.24) is 30.4 Å². The Labute approximate surface area is 238 Å². The molecule has 0 aliphatic heterocycles. The number of aromatic nitrogens is 6. The number of carbonyl (C=O) groups is 2. The Kier molecular flexibility index (Phi) is 8.86. The fourth-order valence-corrected chi connectivity index (χ4v) is 6.35. The van der Waals surface area contributed by atoms with Crippen LogP contribution in [0, 0.1) is 0 Å². The lowest BCUT2D eigenvalue weighted by Crippen LogP contribution is -2.15. The highest BCUT2D eigenvalue weighted by molar-refractivity contribution is 7.15. The van der Waals surface area contributed by atoms with E-state index in [1.165, 1.54) is 36.9 Å². The highest BCUT2D eigenvalue weighted by atomic mass is 32.1. The number of hydrogen-bond donors (Lipinski definition) is 2. The molecule has 4 aromatic rings. The van der Waals surface area contributed by atoms with Gasteiger partial charge in [0.15, 0.2) is 0 Å². The van der Waals surface area contributed by atoms with Crippen molar-refractivity contribution in [1.29, 1.82) is 0 Å². The van der Waals surface area contributed by atoms with E-state index in [2.05, 4.69) is 41.0 Å². The van der Waals surface area contributed by atoms with E-state index in [1.54, 1.807) is 36.4 Å². The third-order valence-electron chi connectivity index (χ3n) is 6.41. The molecule has 1 fully saturated rings. The predicted octanol–water partition coefficient (Wildman–Crippen LogP) is 4.00. The zero-order chi connectivity index (χ0) is 27.9. The van der Waals surface area contributed by atoms with Gasteiger partial charge in [0.05, 0.1) is 38.4 Å². The van der Waals surface area contributed by atoms with E-state index >= 15 is 0 Å². The van der Waals surface area contributed by atoms with Gasteiger partial charge < -0.3 is 20.1 Å². The van der Waals surface area contributed by atoms with Gasteiger partial charge in [-0.25, -0.2) is 9.97 Å². The van der Waals surface area contributed by atoms with Crippen molar-refractivity contribution in [2.75, 3.05) is 24.9 Å². The molecule has 14 heteroatoms. The minimum Gasteiger partial charge on any atom is -0.481 e. The van der Waals surface area contributed by atoms with Crippen molar-refractivity contribution in [3.8, 4) is 11.8 Å². The molecule has 0 saturated heterocycles. The van der Waals surface area contributed by atoms with Gasteiger partial charge >= 0.3 is 0 Å². The second-order valence-corrected chi connectivity index (χ2v) is 11.3. The average Bonchev–Trinajstić information content (AvgIpc) is 3.63. The van der Waals surface area contributed by atoms with Gasteiger partial charge in [0.25, 0.3) is 0 Å². The maximum absolute atomic E-state index is 12.5. The third-order valence-corrected chi connectivity index (χ3v) is 8.41. The average molecular weight is 581 g/mol. The van der Waals surface area contributed by atoms with Crippen molar-refractivity contribution in [2.45, 2.75) is 50.4 Å².